The van der Waals surface area contributed by atoms with E-state index in [-0.39, 0.29) is 0 Å². The molecule has 170 valence electrons. The average Bonchev–Trinajstić information content (AvgIpc) is 3.32. The molecule has 0 aliphatic rings. The van der Waals surface area contributed by atoms with Crippen LogP contribution < -0.4 is 0 Å². The summed E-state index contributed by atoms with van der Waals surface area (Å²) in [7, 11) is 0. The van der Waals surface area contributed by atoms with Crippen LogP contribution in [0.15, 0.2) is 114 Å². The highest BCUT2D eigenvalue weighted by Crippen LogP contribution is 2.37. The summed E-state index contributed by atoms with van der Waals surface area (Å²) in [6.07, 6.45) is 0. The highest BCUT2D eigenvalue weighted by atomic mass is 35.5. The number of furan rings is 1. The van der Waals surface area contributed by atoms with Crippen molar-refractivity contribution in [1.82, 2.24) is 15.0 Å². The normalized spacial score (nSPS) is 11.5. The Morgan fingerprint density at radius 2 is 1.19 bits per heavy atom. The van der Waals surface area contributed by atoms with Crippen molar-refractivity contribution in [2.75, 3.05) is 0 Å². The second-order valence-electron chi connectivity index (χ2n) is 8.63. The maximum absolute atomic E-state index is 6.67. The van der Waals surface area contributed by atoms with Crippen LogP contribution in [0.25, 0.3) is 66.9 Å². The standard InChI is InChI=1S/C31H18ClN3O/c32-25-18-21(17-20-11-4-5-12-22(20)25)30-33-29(19-9-2-1-3-10-19)34-31(35-30)24-14-8-16-27-28(24)23-13-6-7-15-26(23)36-27/h1-18H. The minimum absolute atomic E-state index is 0.566. The number of para-hydroxylation sites is 1. The maximum atomic E-state index is 6.67. The molecule has 36 heavy (non-hydrogen) atoms. The van der Waals surface area contributed by atoms with Gasteiger partial charge in [0.05, 0.1) is 0 Å². The molecule has 4 nitrogen and oxygen atoms in total. The summed E-state index contributed by atoms with van der Waals surface area (Å²) in [5, 5.41) is 4.70. The van der Waals surface area contributed by atoms with Crippen molar-refractivity contribution in [3.8, 4) is 34.2 Å². The topological polar surface area (TPSA) is 51.8 Å². The van der Waals surface area contributed by atoms with Crippen molar-refractivity contribution in [2.24, 2.45) is 0 Å². The number of nitrogens with zero attached hydrogens (tertiary/aromatic N) is 3. The van der Waals surface area contributed by atoms with Gasteiger partial charge >= 0.3 is 0 Å². The van der Waals surface area contributed by atoms with Crippen LogP contribution in [0.4, 0.5) is 0 Å². The molecule has 0 aliphatic heterocycles. The highest BCUT2D eigenvalue weighted by Gasteiger charge is 2.18. The molecule has 0 unspecified atom stereocenters. The molecule has 0 saturated heterocycles. The molecule has 0 amide bonds. The molecular formula is C31H18ClN3O. The lowest BCUT2D eigenvalue weighted by atomic mass is 10.0. The SMILES string of the molecule is Clc1cc(-c2nc(-c3ccccc3)nc(-c3cccc4oc5ccccc5c34)n2)cc2ccccc12. The van der Waals surface area contributed by atoms with Crippen LogP contribution in [0.1, 0.15) is 0 Å². The quantitative estimate of drug-likeness (QED) is 0.252. The van der Waals surface area contributed by atoms with E-state index in [2.05, 4.69) is 12.1 Å². The third kappa shape index (κ3) is 3.43. The van der Waals surface area contributed by atoms with Gasteiger partial charge in [-0.3, -0.25) is 0 Å². The fraction of sp³-hybridized carbons (Fsp3) is 0. The van der Waals surface area contributed by atoms with Crippen LogP contribution in [0.5, 0.6) is 0 Å². The van der Waals surface area contributed by atoms with Gasteiger partial charge in [-0.05, 0) is 29.7 Å². The van der Waals surface area contributed by atoms with Crippen molar-refractivity contribution in [3.05, 3.63) is 114 Å². The summed E-state index contributed by atoms with van der Waals surface area (Å²) in [6.45, 7) is 0. The van der Waals surface area contributed by atoms with Crippen LogP contribution in [-0.4, -0.2) is 15.0 Å². The number of halogens is 1. The van der Waals surface area contributed by atoms with Crippen molar-refractivity contribution < 1.29 is 4.42 Å². The van der Waals surface area contributed by atoms with Gasteiger partial charge in [-0.2, -0.15) is 0 Å². The Bertz CT molecular complexity index is 1910. The third-order valence-corrected chi connectivity index (χ3v) is 6.69. The van der Waals surface area contributed by atoms with E-state index in [4.69, 9.17) is 31.0 Å². The fourth-order valence-electron chi connectivity index (χ4n) is 4.70. The van der Waals surface area contributed by atoms with Gasteiger partial charge in [-0.15, -0.1) is 0 Å². The first-order valence-electron chi connectivity index (χ1n) is 11.7. The third-order valence-electron chi connectivity index (χ3n) is 6.38. The summed E-state index contributed by atoms with van der Waals surface area (Å²) < 4.78 is 6.12. The highest BCUT2D eigenvalue weighted by molar-refractivity contribution is 6.35. The maximum Gasteiger partial charge on any atom is 0.164 e. The van der Waals surface area contributed by atoms with Crippen molar-refractivity contribution >= 4 is 44.3 Å². The molecule has 2 heterocycles. The van der Waals surface area contributed by atoms with E-state index >= 15 is 0 Å². The van der Waals surface area contributed by atoms with Gasteiger partial charge in [-0.1, -0.05) is 96.5 Å². The average molecular weight is 484 g/mol. The second-order valence-corrected chi connectivity index (χ2v) is 9.04. The first kappa shape index (κ1) is 20.8. The minimum Gasteiger partial charge on any atom is -0.456 e. The van der Waals surface area contributed by atoms with E-state index in [1.807, 2.05) is 97.1 Å². The molecule has 5 heteroatoms. The van der Waals surface area contributed by atoms with Crippen LogP contribution in [0.3, 0.4) is 0 Å². The first-order valence-corrected chi connectivity index (χ1v) is 12.0. The number of benzene rings is 5. The fourth-order valence-corrected chi connectivity index (χ4v) is 4.99. The summed E-state index contributed by atoms with van der Waals surface area (Å²) in [4.78, 5) is 14.8. The van der Waals surface area contributed by atoms with Crippen molar-refractivity contribution in [3.63, 3.8) is 0 Å². The largest absolute Gasteiger partial charge is 0.456 e. The van der Waals surface area contributed by atoms with Gasteiger partial charge in [-0.25, -0.2) is 15.0 Å². The van der Waals surface area contributed by atoms with E-state index in [1.54, 1.807) is 0 Å². The van der Waals surface area contributed by atoms with Gasteiger partial charge in [0, 0.05) is 37.9 Å². The van der Waals surface area contributed by atoms with Gasteiger partial charge in [0.25, 0.3) is 0 Å². The van der Waals surface area contributed by atoms with Gasteiger partial charge in [0.2, 0.25) is 0 Å². The molecule has 0 saturated carbocycles. The zero-order valence-corrected chi connectivity index (χ0v) is 19.8. The van der Waals surface area contributed by atoms with Crippen LogP contribution in [0, 0.1) is 0 Å². The molecule has 7 rings (SSSR count). The monoisotopic (exact) mass is 483 g/mol. The number of aromatic nitrogens is 3. The summed E-state index contributed by atoms with van der Waals surface area (Å²) >= 11 is 6.67. The lowest BCUT2D eigenvalue weighted by Gasteiger charge is -2.10. The van der Waals surface area contributed by atoms with E-state index in [1.165, 1.54) is 0 Å². The Morgan fingerprint density at radius 1 is 0.528 bits per heavy atom. The van der Waals surface area contributed by atoms with Crippen LogP contribution >= 0.6 is 11.6 Å². The lowest BCUT2D eigenvalue weighted by molar-refractivity contribution is 0.669. The molecule has 0 N–H and O–H groups in total. The lowest BCUT2D eigenvalue weighted by Crippen LogP contribution is -2.00. The van der Waals surface area contributed by atoms with E-state index in [9.17, 15) is 0 Å². The Hall–Kier alpha value is -4.54. The molecule has 0 radical (unpaired) electrons. The molecule has 5 aromatic carbocycles. The molecule has 0 spiro atoms. The summed E-state index contributed by atoms with van der Waals surface area (Å²) in [5.74, 6) is 1.75. The van der Waals surface area contributed by atoms with Gasteiger partial charge < -0.3 is 4.42 Å². The molecule has 0 fully saturated rings. The van der Waals surface area contributed by atoms with E-state index < -0.39 is 0 Å². The predicted molar refractivity (Wildman–Crippen MR) is 146 cm³/mol. The number of rotatable bonds is 3. The summed E-state index contributed by atoms with van der Waals surface area (Å²) in [5.41, 5.74) is 4.27. The van der Waals surface area contributed by atoms with E-state index in [0.717, 1.165) is 49.4 Å². The van der Waals surface area contributed by atoms with Crippen molar-refractivity contribution in [1.29, 1.82) is 0 Å². The Balaban J connectivity index is 1.52. The Morgan fingerprint density at radius 3 is 2.06 bits per heavy atom. The molecule has 0 aliphatic carbocycles. The zero-order valence-electron chi connectivity index (χ0n) is 19.0. The second kappa shape index (κ2) is 8.29. The molecule has 0 bridgehead atoms. The number of hydrogen-bond acceptors (Lipinski definition) is 4. The zero-order chi connectivity index (χ0) is 24.1. The van der Waals surface area contributed by atoms with Gasteiger partial charge in [0.15, 0.2) is 17.5 Å². The molecular weight excluding hydrogens is 466 g/mol. The first-order chi connectivity index (χ1) is 17.7. The van der Waals surface area contributed by atoms with Crippen LogP contribution in [0.2, 0.25) is 5.02 Å². The number of fused-ring (bicyclic) bond motifs is 4. The predicted octanol–water partition coefficient (Wildman–Crippen LogP) is 8.58. The van der Waals surface area contributed by atoms with Gasteiger partial charge in [0.1, 0.15) is 11.2 Å². The minimum atomic E-state index is 0.566. The Labute approximate surface area is 211 Å². The van der Waals surface area contributed by atoms with Crippen molar-refractivity contribution in [2.45, 2.75) is 0 Å². The molecule has 2 aromatic heterocycles. The molecule has 7 aromatic rings. The smallest absolute Gasteiger partial charge is 0.164 e. The molecule has 0 atom stereocenters. The van der Waals surface area contributed by atoms with E-state index in [0.29, 0.717) is 22.5 Å². The number of hydrogen-bond donors (Lipinski definition) is 0. The Kier molecular flexibility index (Phi) is 4.79. The van der Waals surface area contributed by atoms with Crippen LogP contribution in [-0.2, 0) is 0 Å². The summed E-state index contributed by atoms with van der Waals surface area (Å²) in [6, 6.07) is 36.0.